The third kappa shape index (κ3) is 10.2. The van der Waals surface area contributed by atoms with E-state index in [0.29, 0.717) is 31.2 Å². The number of ether oxygens (including phenoxy) is 1. The number of aldehydes is 1. The third-order valence-corrected chi connectivity index (χ3v) is 6.02. The SMILES string of the molecule is C=CC(C)(N)C/C=C(\C)C(=O)CCC.COc1cccc(NC2CCN(CC=O)CC2)c1CO. The van der Waals surface area contributed by atoms with E-state index in [9.17, 15) is 14.7 Å². The van der Waals surface area contributed by atoms with Crippen LogP contribution >= 0.6 is 0 Å². The van der Waals surface area contributed by atoms with E-state index in [1.54, 1.807) is 13.2 Å². The molecule has 1 aromatic carbocycles. The highest BCUT2D eigenvalue weighted by molar-refractivity contribution is 5.94. The lowest BCUT2D eigenvalue weighted by molar-refractivity contribution is -0.115. The maximum atomic E-state index is 11.4. The smallest absolute Gasteiger partial charge is 0.158 e. The number of hydrogen-bond donors (Lipinski definition) is 3. The average Bonchev–Trinajstić information content (AvgIpc) is 2.84. The van der Waals surface area contributed by atoms with Crippen LogP contribution in [0.4, 0.5) is 5.69 Å². The Labute approximate surface area is 205 Å². The van der Waals surface area contributed by atoms with Gasteiger partial charge in [-0.1, -0.05) is 25.1 Å². The molecule has 7 nitrogen and oxygen atoms in total. The zero-order chi connectivity index (χ0) is 25.6. The number of hydrogen-bond acceptors (Lipinski definition) is 7. The van der Waals surface area contributed by atoms with Crippen molar-refractivity contribution in [1.29, 1.82) is 0 Å². The molecular formula is C27H43N3O4. The summed E-state index contributed by atoms with van der Waals surface area (Å²) < 4.78 is 5.27. The van der Waals surface area contributed by atoms with Crippen LogP contribution in [0.25, 0.3) is 0 Å². The van der Waals surface area contributed by atoms with Crippen LogP contribution in [0, 0.1) is 0 Å². The number of carbonyl (C=O) groups excluding carboxylic acids is 2. The van der Waals surface area contributed by atoms with E-state index in [2.05, 4.69) is 16.8 Å². The van der Waals surface area contributed by atoms with Crippen LogP contribution in [0.5, 0.6) is 5.75 Å². The number of Topliss-reactive ketones (excluding diaryl/α,β-unsaturated/α-hetero) is 1. The molecule has 1 heterocycles. The fourth-order valence-corrected chi connectivity index (χ4v) is 3.63. The highest BCUT2D eigenvalue weighted by Crippen LogP contribution is 2.28. The Morgan fingerprint density at radius 2 is 2.06 bits per heavy atom. The molecule has 1 aliphatic heterocycles. The van der Waals surface area contributed by atoms with E-state index >= 15 is 0 Å². The van der Waals surface area contributed by atoms with Gasteiger partial charge in [0.2, 0.25) is 0 Å². The monoisotopic (exact) mass is 473 g/mol. The molecule has 7 heteroatoms. The summed E-state index contributed by atoms with van der Waals surface area (Å²) >= 11 is 0. The van der Waals surface area contributed by atoms with E-state index in [1.165, 1.54) is 0 Å². The molecule has 0 aromatic heterocycles. The number of ketones is 1. The number of allylic oxidation sites excluding steroid dienone is 1. The second-order valence-corrected chi connectivity index (χ2v) is 9.00. The first kappa shape index (κ1) is 29.6. The number of carbonyl (C=O) groups is 2. The Morgan fingerprint density at radius 3 is 2.59 bits per heavy atom. The van der Waals surface area contributed by atoms with Crippen LogP contribution in [-0.2, 0) is 16.2 Å². The molecule has 0 bridgehead atoms. The van der Waals surface area contributed by atoms with Gasteiger partial charge in [0.15, 0.2) is 5.78 Å². The van der Waals surface area contributed by atoms with Gasteiger partial charge < -0.3 is 25.7 Å². The number of aliphatic hydroxyl groups excluding tert-OH is 1. The number of aliphatic hydroxyl groups is 1. The molecular weight excluding hydrogens is 430 g/mol. The van der Waals surface area contributed by atoms with Gasteiger partial charge >= 0.3 is 0 Å². The van der Waals surface area contributed by atoms with Crippen molar-refractivity contribution in [3.05, 3.63) is 48.1 Å². The highest BCUT2D eigenvalue weighted by Gasteiger charge is 2.20. The van der Waals surface area contributed by atoms with Gasteiger partial charge in [-0.25, -0.2) is 0 Å². The van der Waals surface area contributed by atoms with Gasteiger partial charge in [-0.15, -0.1) is 6.58 Å². The van der Waals surface area contributed by atoms with Gasteiger partial charge in [0.05, 0.1) is 20.3 Å². The predicted molar refractivity (Wildman–Crippen MR) is 139 cm³/mol. The van der Waals surface area contributed by atoms with Crippen LogP contribution < -0.4 is 15.8 Å². The number of nitrogens with one attached hydrogen (secondary N) is 1. The third-order valence-electron chi connectivity index (χ3n) is 6.02. The molecule has 2 rings (SSSR count). The lowest BCUT2D eigenvalue weighted by atomic mass is 9.97. The van der Waals surface area contributed by atoms with E-state index in [4.69, 9.17) is 10.5 Å². The molecule has 0 spiro atoms. The fraction of sp³-hybridized carbons (Fsp3) is 0.556. The first-order valence-electron chi connectivity index (χ1n) is 12.0. The lowest BCUT2D eigenvalue weighted by Crippen LogP contribution is -2.40. The molecule has 1 aromatic rings. The number of anilines is 1. The van der Waals surface area contributed by atoms with Crippen molar-refractivity contribution in [2.75, 3.05) is 32.1 Å². The average molecular weight is 474 g/mol. The number of nitrogens with two attached hydrogens (primary N) is 1. The Kier molecular flexibility index (Phi) is 13.4. The van der Waals surface area contributed by atoms with Gasteiger partial charge in [-0.05, 0) is 57.2 Å². The lowest BCUT2D eigenvalue weighted by Gasteiger charge is -2.32. The van der Waals surface area contributed by atoms with Crippen molar-refractivity contribution in [3.8, 4) is 5.75 Å². The van der Waals surface area contributed by atoms with Crippen molar-refractivity contribution >= 4 is 17.8 Å². The minimum Gasteiger partial charge on any atom is -0.496 e. The van der Waals surface area contributed by atoms with Crippen molar-refractivity contribution < 1.29 is 19.4 Å². The second kappa shape index (κ2) is 15.4. The van der Waals surface area contributed by atoms with Crippen molar-refractivity contribution in [1.82, 2.24) is 4.90 Å². The molecule has 1 fully saturated rings. The summed E-state index contributed by atoms with van der Waals surface area (Å²) in [5.74, 6) is 0.920. The van der Waals surface area contributed by atoms with E-state index < -0.39 is 5.54 Å². The number of nitrogens with zero attached hydrogens (tertiary/aromatic N) is 1. The molecule has 190 valence electrons. The molecule has 1 unspecified atom stereocenters. The Hall–Kier alpha value is -2.48. The normalized spacial score (nSPS) is 16.6. The molecule has 0 saturated carbocycles. The van der Waals surface area contributed by atoms with Gasteiger partial charge in [-0.3, -0.25) is 9.69 Å². The number of likely N-dealkylation sites (tertiary alicyclic amines) is 1. The summed E-state index contributed by atoms with van der Waals surface area (Å²) in [6.07, 6.45) is 8.74. The minimum absolute atomic E-state index is 0.0453. The largest absolute Gasteiger partial charge is 0.496 e. The van der Waals surface area contributed by atoms with Crippen LogP contribution in [-0.4, -0.2) is 60.4 Å². The molecule has 4 N–H and O–H groups in total. The molecule has 1 atom stereocenters. The standard InChI is InChI=1S/C15H22N2O3.C12H21NO/c1-20-15-4-2-3-14(13(15)11-19)16-12-5-7-17(8-6-12)9-10-18;1-5-7-11(14)10(3)8-9-12(4,13)6-2/h2-4,10,12,16,19H,5-9,11H2,1H3;6,8H,2,5,7,9,13H2,1,3-4H3/b;10-8+. The first-order valence-corrected chi connectivity index (χ1v) is 12.0. The molecule has 1 aliphatic rings. The highest BCUT2D eigenvalue weighted by atomic mass is 16.5. The van der Waals surface area contributed by atoms with E-state index in [0.717, 1.165) is 55.5 Å². The topological polar surface area (TPSA) is 105 Å². The summed E-state index contributed by atoms with van der Waals surface area (Å²) in [5.41, 5.74) is 7.99. The summed E-state index contributed by atoms with van der Waals surface area (Å²) in [4.78, 5) is 24.1. The van der Waals surface area contributed by atoms with Gasteiger partial charge in [0.25, 0.3) is 0 Å². The molecule has 34 heavy (non-hydrogen) atoms. The van der Waals surface area contributed by atoms with E-state index in [-0.39, 0.29) is 12.4 Å². The Bertz CT molecular complexity index is 812. The number of rotatable bonds is 12. The fourth-order valence-electron chi connectivity index (χ4n) is 3.63. The van der Waals surface area contributed by atoms with Gasteiger partial charge in [-0.2, -0.15) is 0 Å². The second-order valence-electron chi connectivity index (χ2n) is 9.00. The van der Waals surface area contributed by atoms with Crippen molar-refractivity contribution in [2.45, 2.75) is 71.1 Å². The molecule has 1 saturated heterocycles. The van der Waals surface area contributed by atoms with Gasteiger partial charge in [0.1, 0.15) is 12.0 Å². The zero-order valence-corrected chi connectivity index (χ0v) is 21.3. The summed E-state index contributed by atoms with van der Waals surface area (Å²) in [5, 5.41) is 13.0. The molecule has 0 radical (unpaired) electrons. The van der Waals surface area contributed by atoms with Crippen LogP contribution in [0.1, 0.15) is 58.4 Å². The number of piperidine rings is 1. The predicted octanol–water partition coefficient (Wildman–Crippen LogP) is 3.86. The molecule has 0 aliphatic carbocycles. The first-order chi connectivity index (χ1) is 16.2. The zero-order valence-electron chi connectivity index (χ0n) is 21.3. The maximum absolute atomic E-state index is 11.4. The quantitative estimate of drug-likeness (QED) is 0.240. The maximum Gasteiger partial charge on any atom is 0.158 e. The number of benzene rings is 1. The minimum atomic E-state index is -0.409. The number of methoxy groups -OCH3 is 1. The molecule has 0 amide bonds. The Balaban J connectivity index is 0.000000365. The van der Waals surface area contributed by atoms with Crippen LogP contribution in [0.2, 0.25) is 0 Å². The van der Waals surface area contributed by atoms with Crippen LogP contribution in [0.15, 0.2) is 42.5 Å². The summed E-state index contributed by atoms with van der Waals surface area (Å²) in [6.45, 7) is 11.7. The van der Waals surface area contributed by atoms with E-state index in [1.807, 2.05) is 45.0 Å². The summed E-state index contributed by atoms with van der Waals surface area (Å²) in [7, 11) is 1.61. The Morgan fingerprint density at radius 1 is 1.38 bits per heavy atom. The van der Waals surface area contributed by atoms with Crippen LogP contribution in [0.3, 0.4) is 0 Å². The van der Waals surface area contributed by atoms with Crippen molar-refractivity contribution in [2.24, 2.45) is 5.73 Å². The van der Waals surface area contributed by atoms with Crippen molar-refractivity contribution in [3.63, 3.8) is 0 Å². The summed E-state index contributed by atoms with van der Waals surface area (Å²) in [6, 6.07) is 6.10. The van der Waals surface area contributed by atoms with Gasteiger partial charge in [0, 0.05) is 42.3 Å².